The van der Waals surface area contributed by atoms with E-state index in [1.165, 1.54) is 0 Å². The molecule has 0 aliphatic heterocycles. The summed E-state index contributed by atoms with van der Waals surface area (Å²) >= 11 is 0. The van der Waals surface area contributed by atoms with E-state index >= 15 is 0 Å². The topological polar surface area (TPSA) is 0 Å². The maximum absolute atomic E-state index is 0. The molecule has 0 nitrogen and oxygen atoms in total. The molecule has 0 saturated carbocycles. The van der Waals surface area contributed by atoms with Gasteiger partial charge in [-0.3, -0.25) is 0 Å². The minimum absolute atomic E-state index is 0. The molecule has 0 bridgehead atoms. The zero-order valence-electron chi connectivity index (χ0n) is 2.30. The molecule has 0 aliphatic carbocycles. The van der Waals surface area contributed by atoms with Crippen molar-refractivity contribution < 1.29 is 17.1 Å². The predicted octanol–water partition coefficient (Wildman–Crippen LogP) is -3.98. The van der Waals surface area contributed by atoms with Gasteiger partial charge < -0.3 is 0 Å². The number of rotatable bonds is 0. The van der Waals surface area contributed by atoms with Gasteiger partial charge in [-0.25, -0.2) is 0 Å². The Morgan fingerprint density at radius 2 is 0.714 bits per heavy atom. The molecular formula is H14CuGaInS2Se2. The molecule has 0 aliphatic rings. The Bertz CT molecular complexity index is 15.7. The fourth-order valence-corrected chi connectivity index (χ4v) is 0. The molecule has 7 heavy (non-hydrogen) atoms. The second kappa shape index (κ2) is 52.9. The quantitative estimate of drug-likeness (QED) is 0.308. The summed E-state index contributed by atoms with van der Waals surface area (Å²) in [6.45, 7) is 0. The van der Waals surface area contributed by atoms with E-state index in [0.717, 1.165) is 0 Å². The van der Waals surface area contributed by atoms with Gasteiger partial charge in [0.1, 0.15) is 0 Å². The molecule has 0 fully saturated rings. The van der Waals surface area contributed by atoms with Gasteiger partial charge in [-0.2, -0.15) is 27.0 Å². The zero-order valence-corrected chi connectivity index (χ0v) is 9.44. The van der Waals surface area contributed by atoms with Crippen LogP contribution in [0.1, 0.15) is 0 Å². The fraction of sp³-hybridized carbons (Fsp3) is 0. The third kappa shape index (κ3) is 41.5. The number of hydrogen-bond acceptors (Lipinski definition) is 0. The summed E-state index contributed by atoms with van der Waals surface area (Å²) in [6.07, 6.45) is 0. The minimum atomic E-state index is 0. The average molecular weight is 484 g/mol. The summed E-state index contributed by atoms with van der Waals surface area (Å²) in [5.74, 6) is 0. The van der Waals surface area contributed by atoms with Crippen LogP contribution in [0.25, 0.3) is 0 Å². The SMILES string of the molecule is S.S.[Cu].[GaH3].[InH3].[SeH2].[SeH2]. The standard InChI is InChI=1S/Cu.Ga.In.2H2S.2H2Se.6H/h;;;4*1H2;;;;;;. The van der Waals surface area contributed by atoms with E-state index in [9.17, 15) is 0 Å². The molecule has 0 saturated heterocycles. The van der Waals surface area contributed by atoms with Gasteiger partial charge in [-0.05, 0) is 0 Å². The molecule has 0 aromatic rings. The Morgan fingerprint density at radius 3 is 0.714 bits per heavy atom. The van der Waals surface area contributed by atoms with Crippen molar-refractivity contribution in [3.63, 3.8) is 0 Å². The van der Waals surface area contributed by atoms with Crippen molar-refractivity contribution in [2.45, 2.75) is 0 Å². The molecule has 7 heteroatoms. The summed E-state index contributed by atoms with van der Waals surface area (Å²) < 4.78 is 0. The molecule has 55 valence electrons. The van der Waals surface area contributed by atoms with Crippen LogP contribution in [0.2, 0.25) is 0 Å². The fourth-order valence-electron chi connectivity index (χ4n) is 0. The average Bonchev–Trinajstić information content (AvgIpc) is 0. The van der Waals surface area contributed by atoms with Gasteiger partial charge in [0.2, 0.25) is 0 Å². The summed E-state index contributed by atoms with van der Waals surface area (Å²) in [7, 11) is 0. The molecule has 0 spiro atoms. The summed E-state index contributed by atoms with van der Waals surface area (Å²) in [5, 5.41) is 0. The Morgan fingerprint density at radius 1 is 0.714 bits per heavy atom. The molecule has 0 N–H and O–H groups in total. The van der Waals surface area contributed by atoms with E-state index in [2.05, 4.69) is 0 Å². The van der Waals surface area contributed by atoms with Gasteiger partial charge in [0.05, 0.1) is 0 Å². The zero-order chi connectivity index (χ0) is 0. The third-order valence-electron chi connectivity index (χ3n) is 0. The molecule has 0 heterocycles. The molecule has 0 aromatic heterocycles. The van der Waals surface area contributed by atoms with Crippen molar-refractivity contribution in [2.24, 2.45) is 0 Å². The Labute approximate surface area is 122 Å². The van der Waals surface area contributed by atoms with E-state index in [0.29, 0.717) is 0 Å². The van der Waals surface area contributed by atoms with Gasteiger partial charge >= 0.3 is 79.8 Å². The van der Waals surface area contributed by atoms with Crippen molar-refractivity contribution in [2.75, 3.05) is 0 Å². The normalized spacial score (nSPS) is 0. The van der Waals surface area contributed by atoms with Crippen LogP contribution in [0.15, 0.2) is 0 Å². The van der Waals surface area contributed by atoms with Crippen molar-refractivity contribution in [3.8, 4) is 0 Å². The van der Waals surface area contributed by atoms with Crippen molar-refractivity contribution >= 4 is 107 Å². The molecule has 0 atom stereocenters. The summed E-state index contributed by atoms with van der Waals surface area (Å²) in [6, 6.07) is 0. The van der Waals surface area contributed by atoms with E-state index in [1.54, 1.807) is 0 Å². The first-order valence-electron chi connectivity index (χ1n) is 0. The molecule has 0 rings (SSSR count). The van der Waals surface area contributed by atoms with E-state index in [4.69, 9.17) is 0 Å². The van der Waals surface area contributed by atoms with Gasteiger partial charge in [0, 0.05) is 17.1 Å². The maximum atomic E-state index is 0. The molecular weight excluding hydrogens is 470 g/mol. The van der Waals surface area contributed by atoms with Gasteiger partial charge in [0.25, 0.3) is 0 Å². The Balaban J connectivity index is 0. The van der Waals surface area contributed by atoms with Gasteiger partial charge in [0.15, 0.2) is 0 Å². The molecule has 0 aromatic carbocycles. The number of hydrogen-bond donors (Lipinski definition) is 0. The first-order valence-corrected chi connectivity index (χ1v) is 0. The van der Waals surface area contributed by atoms with Crippen molar-refractivity contribution in [1.82, 2.24) is 0 Å². The van der Waals surface area contributed by atoms with Gasteiger partial charge in [-0.1, -0.05) is 0 Å². The van der Waals surface area contributed by atoms with Crippen LogP contribution in [0.3, 0.4) is 0 Å². The van der Waals surface area contributed by atoms with Gasteiger partial charge in [-0.15, -0.1) is 0 Å². The van der Waals surface area contributed by atoms with E-state index < -0.39 is 0 Å². The van der Waals surface area contributed by atoms with Crippen molar-refractivity contribution in [3.05, 3.63) is 0 Å². The molecule has 1 radical (unpaired) electrons. The van der Waals surface area contributed by atoms with Crippen molar-refractivity contribution in [1.29, 1.82) is 0 Å². The van der Waals surface area contributed by atoms with Crippen LogP contribution < -0.4 is 0 Å². The monoisotopic (exact) mass is 485 g/mol. The Kier molecular flexibility index (Phi) is 548. The van der Waals surface area contributed by atoms with Crippen LogP contribution in [0.4, 0.5) is 0 Å². The van der Waals surface area contributed by atoms with Crippen LogP contribution >= 0.6 is 27.0 Å². The van der Waals surface area contributed by atoms with E-state index in [-0.39, 0.29) is 124 Å². The molecule has 0 unspecified atom stereocenters. The first-order chi connectivity index (χ1) is 0. The van der Waals surface area contributed by atoms with E-state index in [1.807, 2.05) is 0 Å². The summed E-state index contributed by atoms with van der Waals surface area (Å²) in [4.78, 5) is 0. The second-order valence-corrected chi connectivity index (χ2v) is 0. The third-order valence-corrected chi connectivity index (χ3v) is 0. The Hall–Kier alpha value is 3.76. The first kappa shape index (κ1) is 72.4. The predicted molar refractivity (Wildman–Crippen MR) is 57.7 cm³/mol. The second-order valence-electron chi connectivity index (χ2n) is 0. The molecule has 0 amide bonds. The van der Waals surface area contributed by atoms with Crippen LogP contribution in [0, 0.1) is 0 Å². The van der Waals surface area contributed by atoms with Crippen LogP contribution in [0.5, 0.6) is 0 Å². The summed E-state index contributed by atoms with van der Waals surface area (Å²) in [5.41, 5.74) is 0. The van der Waals surface area contributed by atoms with Crippen LogP contribution in [-0.2, 0) is 17.1 Å². The van der Waals surface area contributed by atoms with Crippen LogP contribution in [-0.4, -0.2) is 79.8 Å².